The molecule has 3 heterocycles. The smallest absolute Gasteiger partial charge is 0.274 e. The summed E-state index contributed by atoms with van der Waals surface area (Å²) in [5, 5.41) is 13.0. The molecule has 0 unspecified atom stereocenters. The van der Waals surface area contributed by atoms with E-state index in [1.54, 1.807) is 4.90 Å². The average Bonchev–Trinajstić information content (AvgIpc) is 3.15. The summed E-state index contributed by atoms with van der Waals surface area (Å²) in [6.07, 6.45) is 3.26. The summed E-state index contributed by atoms with van der Waals surface area (Å²) in [5.74, 6) is 0.762. The number of carbonyl (C=O) groups excluding carboxylic acids is 1. The number of piperazine rings is 1. The van der Waals surface area contributed by atoms with Crippen LogP contribution in [-0.4, -0.2) is 57.0 Å². The molecule has 4 rings (SSSR count). The lowest BCUT2D eigenvalue weighted by molar-refractivity contribution is 0.0737. The lowest BCUT2D eigenvalue weighted by atomic mass is 10.2. The van der Waals surface area contributed by atoms with E-state index in [1.807, 2.05) is 13.8 Å². The van der Waals surface area contributed by atoms with Crippen LogP contribution in [0.3, 0.4) is 0 Å². The maximum Gasteiger partial charge on any atom is 0.274 e. The van der Waals surface area contributed by atoms with E-state index in [9.17, 15) is 9.59 Å². The molecule has 1 amide bonds. The van der Waals surface area contributed by atoms with Gasteiger partial charge < -0.3 is 9.80 Å². The lowest BCUT2D eigenvalue weighted by Crippen LogP contribution is -2.49. The van der Waals surface area contributed by atoms with Crippen molar-refractivity contribution in [2.75, 3.05) is 31.1 Å². The molecule has 0 aromatic carbocycles. The van der Waals surface area contributed by atoms with Crippen LogP contribution in [0.5, 0.6) is 0 Å². The number of nitrogens with zero attached hydrogens (tertiary/aromatic N) is 6. The van der Waals surface area contributed by atoms with Gasteiger partial charge in [-0.2, -0.15) is 10.2 Å². The van der Waals surface area contributed by atoms with Gasteiger partial charge in [-0.3, -0.25) is 9.59 Å². The molecular formula is C19H24N6O2. The number of aromatic nitrogens is 4. The highest BCUT2D eigenvalue weighted by molar-refractivity contribution is 5.92. The average molecular weight is 368 g/mol. The predicted molar refractivity (Wildman–Crippen MR) is 101 cm³/mol. The van der Waals surface area contributed by atoms with Crippen molar-refractivity contribution in [2.45, 2.75) is 39.2 Å². The highest BCUT2D eigenvalue weighted by Crippen LogP contribution is 2.23. The Bertz CT molecular complexity index is 915. The number of hydrogen-bond donors (Lipinski definition) is 0. The largest absolute Gasteiger partial charge is 0.352 e. The summed E-state index contributed by atoms with van der Waals surface area (Å²) in [6, 6.07) is 4.99. The minimum absolute atomic E-state index is 0.0829. The number of carbonyl (C=O) groups is 1. The van der Waals surface area contributed by atoms with Gasteiger partial charge in [-0.05, 0) is 50.8 Å². The fourth-order valence-electron chi connectivity index (χ4n) is 3.68. The molecule has 2 aromatic rings. The van der Waals surface area contributed by atoms with Crippen molar-refractivity contribution in [1.29, 1.82) is 0 Å². The molecule has 0 bridgehead atoms. The first-order chi connectivity index (χ1) is 13.0. The number of anilines is 1. The molecule has 0 spiro atoms. The van der Waals surface area contributed by atoms with Crippen LogP contribution in [0.15, 0.2) is 23.0 Å². The molecular weight excluding hydrogens is 344 g/mol. The van der Waals surface area contributed by atoms with Gasteiger partial charge in [0.1, 0.15) is 5.69 Å². The van der Waals surface area contributed by atoms with Gasteiger partial charge in [0, 0.05) is 32.2 Å². The third-order valence-electron chi connectivity index (χ3n) is 5.23. The van der Waals surface area contributed by atoms with Gasteiger partial charge in [0.15, 0.2) is 5.82 Å². The highest BCUT2D eigenvalue weighted by Gasteiger charge is 2.25. The van der Waals surface area contributed by atoms with Gasteiger partial charge in [-0.15, -0.1) is 5.10 Å². The molecule has 0 saturated carbocycles. The number of amides is 1. The zero-order chi connectivity index (χ0) is 19.0. The Morgan fingerprint density at radius 3 is 2.59 bits per heavy atom. The molecule has 1 aliphatic heterocycles. The van der Waals surface area contributed by atoms with Gasteiger partial charge in [0.2, 0.25) is 0 Å². The normalized spacial score (nSPS) is 16.7. The zero-order valence-corrected chi connectivity index (χ0v) is 15.8. The van der Waals surface area contributed by atoms with Gasteiger partial charge in [-0.1, -0.05) is 0 Å². The fraction of sp³-hybridized carbons (Fsp3) is 0.526. The molecule has 0 N–H and O–H groups in total. The Hall–Kier alpha value is -2.77. The Balaban J connectivity index is 1.44. The molecule has 1 saturated heterocycles. The maximum atomic E-state index is 12.8. The molecule has 1 aliphatic carbocycles. The molecule has 142 valence electrons. The molecule has 0 atom stereocenters. The second-order valence-corrected chi connectivity index (χ2v) is 7.40. The van der Waals surface area contributed by atoms with Crippen molar-refractivity contribution in [3.05, 3.63) is 45.5 Å². The molecule has 8 heteroatoms. The number of hydrogen-bond acceptors (Lipinski definition) is 6. The van der Waals surface area contributed by atoms with Crippen molar-refractivity contribution in [2.24, 2.45) is 0 Å². The van der Waals surface area contributed by atoms with Gasteiger partial charge in [0.25, 0.3) is 11.5 Å². The lowest BCUT2D eigenvalue weighted by Gasteiger charge is -2.35. The van der Waals surface area contributed by atoms with Crippen LogP contribution in [0.25, 0.3) is 0 Å². The van der Waals surface area contributed by atoms with Gasteiger partial charge in [-0.25, -0.2) is 4.68 Å². The topological polar surface area (TPSA) is 84.2 Å². The fourth-order valence-corrected chi connectivity index (χ4v) is 3.68. The molecule has 27 heavy (non-hydrogen) atoms. The van der Waals surface area contributed by atoms with Crippen molar-refractivity contribution in [1.82, 2.24) is 24.9 Å². The molecule has 2 aliphatic rings. The van der Waals surface area contributed by atoms with Crippen LogP contribution >= 0.6 is 0 Å². The van der Waals surface area contributed by atoms with E-state index < -0.39 is 0 Å². The molecule has 8 nitrogen and oxygen atoms in total. The van der Waals surface area contributed by atoms with Crippen molar-refractivity contribution < 1.29 is 4.79 Å². The molecule has 0 radical (unpaired) electrons. The first kappa shape index (κ1) is 17.6. The van der Waals surface area contributed by atoms with E-state index in [0.29, 0.717) is 31.9 Å². The van der Waals surface area contributed by atoms with E-state index in [2.05, 4.69) is 26.3 Å². The van der Waals surface area contributed by atoms with Gasteiger partial charge >= 0.3 is 0 Å². The first-order valence-electron chi connectivity index (χ1n) is 9.52. The predicted octanol–water partition coefficient (Wildman–Crippen LogP) is 1.07. The summed E-state index contributed by atoms with van der Waals surface area (Å²) < 4.78 is 1.35. The first-order valence-corrected chi connectivity index (χ1v) is 9.52. The molecule has 1 fully saturated rings. The van der Waals surface area contributed by atoms with Gasteiger partial charge in [0.05, 0.1) is 11.7 Å². The van der Waals surface area contributed by atoms with Crippen LogP contribution in [-0.2, 0) is 12.8 Å². The Morgan fingerprint density at radius 1 is 1.07 bits per heavy atom. The van der Waals surface area contributed by atoms with E-state index in [0.717, 1.165) is 30.8 Å². The van der Waals surface area contributed by atoms with Crippen molar-refractivity contribution in [3.63, 3.8) is 0 Å². The summed E-state index contributed by atoms with van der Waals surface area (Å²) in [4.78, 5) is 28.6. The quantitative estimate of drug-likeness (QED) is 0.806. The number of fused-ring (bicyclic) bond motifs is 1. The third-order valence-corrected chi connectivity index (χ3v) is 5.23. The monoisotopic (exact) mass is 368 g/mol. The Kier molecular flexibility index (Phi) is 4.63. The standard InChI is InChI=1S/C19H24N6O2/c1-13(2)25-18(26)7-6-16(22-25)19(27)24-10-8-23(9-11-24)17-12-14-4-3-5-15(14)20-21-17/h6-7,12-13H,3-5,8-11H2,1-2H3. The molecule has 2 aromatic heterocycles. The van der Waals surface area contributed by atoms with Crippen LogP contribution < -0.4 is 10.5 Å². The van der Waals surface area contributed by atoms with E-state index in [-0.39, 0.29) is 17.5 Å². The number of aryl methyl sites for hydroxylation is 2. The van der Waals surface area contributed by atoms with E-state index in [1.165, 1.54) is 22.4 Å². The Morgan fingerprint density at radius 2 is 1.85 bits per heavy atom. The summed E-state index contributed by atoms with van der Waals surface area (Å²) in [6.45, 7) is 6.37. The minimum atomic E-state index is -0.193. The third kappa shape index (κ3) is 3.43. The SMILES string of the molecule is CC(C)n1nc(C(=O)N2CCN(c3cc4c(nn3)CCC4)CC2)ccc1=O. The zero-order valence-electron chi connectivity index (χ0n) is 15.8. The highest BCUT2D eigenvalue weighted by atomic mass is 16.2. The summed E-state index contributed by atoms with van der Waals surface area (Å²) in [5.41, 5.74) is 2.55. The van der Waals surface area contributed by atoms with Crippen LogP contribution in [0.2, 0.25) is 0 Å². The van der Waals surface area contributed by atoms with Crippen LogP contribution in [0.1, 0.15) is 48.1 Å². The summed E-state index contributed by atoms with van der Waals surface area (Å²) >= 11 is 0. The van der Waals surface area contributed by atoms with Crippen molar-refractivity contribution in [3.8, 4) is 0 Å². The number of rotatable bonds is 3. The van der Waals surface area contributed by atoms with E-state index in [4.69, 9.17) is 0 Å². The summed E-state index contributed by atoms with van der Waals surface area (Å²) in [7, 11) is 0. The van der Waals surface area contributed by atoms with E-state index >= 15 is 0 Å². The second-order valence-electron chi connectivity index (χ2n) is 7.40. The second kappa shape index (κ2) is 7.09. The van der Waals surface area contributed by atoms with Crippen LogP contribution in [0, 0.1) is 0 Å². The van der Waals surface area contributed by atoms with Crippen molar-refractivity contribution >= 4 is 11.7 Å². The maximum absolute atomic E-state index is 12.8. The minimum Gasteiger partial charge on any atom is -0.352 e. The Labute approximate surface area is 157 Å². The van der Waals surface area contributed by atoms with Crippen LogP contribution in [0.4, 0.5) is 5.82 Å².